The summed E-state index contributed by atoms with van der Waals surface area (Å²) in [4.78, 5) is 38.3. The van der Waals surface area contributed by atoms with Gasteiger partial charge in [0.25, 0.3) is 0 Å². The van der Waals surface area contributed by atoms with E-state index in [4.69, 9.17) is 28.4 Å². The molecule has 1 saturated heterocycles. The molecule has 0 spiro atoms. The van der Waals surface area contributed by atoms with Crippen LogP contribution in [0.5, 0.6) is 11.5 Å². The van der Waals surface area contributed by atoms with Gasteiger partial charge < -0.3 is 33.5 Å². The Balaban J connectivity index is 1.69. The quantitative estimate of drug-likeness (QED) is 0.322. The van der Waals surface area contributed by atoms with Crippen molar-refractivity contribution in [3.8, 4) is 11.5 Å². The lowest BCUT2D eigenvalue weighted by atomic mass is 9.97. The first-order valence-corrected chi connectivity index (χ1v) is 12.2. The van der Waals surface area contributed by atoms with E-state index in [-0.39, 0.29) is 11.1 Å². The molecular formula is C29H28O10. The minimum absolute atomic E-state index is 0.215. The van der Waals surface area contributed by atoms with E-state index < -0.39 is 55.2 Å². The van der Waals surface area contributed by atoms with Gasteiger partial charge in [0.15, 0.2) is 12.2 Å². The van der Waals surface area contributed by atoms with E-state index in [0.717, 1.165) is 0 Å². The zero-order valence-electron chi connectivity index (χ0n) is 21.3. The van der Waals surface area contributed by atoms with Gasteiger partial charge in [-0.2, -0.15) is 0 Å². The zero-order valence-corrected chi connectivity index (χ0v) is 21.3. The maximum atomic E-state index is 13.1. The minimum Gasteiger partial charge on any atom is -0.497 e. The summed E-state index contributed by atoms with van der Waals surface area (Å²) in [5, 5.41) is 10.2. The lowest BCUT2D eigenvalue weighted by molar-refractivity contribution is -0.280. The number of esters is 3. The third kappa shape index (κ3) is 6.92. The molecule has 4 rings (SSSR count). The van der Waals surface area contributed by atoms with Gasteiger partial charge in [0.1, 0.15) is 17.6 Å². The van der Waals surface area contributed by atoms with Crippen LogP contribution in [0.1, 0.15) is 27.6 Å². The van der Waals surface area contributed by atoms with Crippen molar-refractivity contribution in [1.29, 1.82) is 0 Å². The van der Waals surface area contributed by atoms with Crippen LogP contribution in [0.4, 0.5) is 0 Å². The average Bonchev–Trinajstić information content (AvgIpc) is 2.96. The molecular weight excluding hydrogens is 508 g/mol. The minimum atomic E-state index is -1.40. The van der Waals surface area contributed by atoms with Gasteiger partial charge in [-0.05, 0) is 48.5 Å². The predicted molar refractivity (Wildman–Crippen MR) is 136 cm³/mol. The van der Waals surface area contributed by atoms with Gasteiger partial charge in [0.2, 0.25) is 12.4 Å². The van der Waals surface area contributed by atoms with Crippen LogP contribution in [0, 0.1) is 0 Å². The van der Waals surface area contributed by atoms with Crippen molar-refractivity contribution in [2.24, 2.45) is 0 Å². The van der Waals surface area contributed by atoms with Crippen LogP contribution in [0.3, 0.4) is 0 Å². The molecule has 3 aromatic carbocycles. The number of ether oxygens (including phenoxy) is 6. The number of carbonyl (C=O) groups is 3. The Morgan fingerprint density at radius 1 is 0.718 bits per heavy atom. The largest absolute Gasteiger partial charge is 0.497 e. The van der Waals surface area contributed by atoms with Crippen molar-refractivity contribution in [2.45, 2.75) is 37.6 Å². The molecule has 0 radical (unpaired) electrons. The summed E-state index contributed by atoms with van der Waals surface area (Å²) in [7, 11) is 1.52. The monoisotopic (exact) mass is 536 g/mol. The highest BCUT2D eigenvalue weighted by molar-refractivity contribution is 5.90. The van der Waals surface area contributed by atoms with Crippen LogP contribution in [0.15, 0.2) is 84.9 Å². The van der Waals surface area contributed by atoms with Gasteiger partial charge in [0.05, 0.1) is 24.8 Å². The Kier molecular flexibility index (Phi) is 9.14. The molecule has 204 valence electrons. The molecule has 5 atom stereocenters. The molecule has 0 aliphatic carbocycles. The SMILES string of the molecule is COc1ccc(O[C@@H]2O[C@H](CO)[C@H](OC(=O)c3ccccc3)[C@H](OC(=O)c3ccccc3)[C@H]2OC(C)=O)cc1. The van der Waals surface area contributed by atoms with Crippen molar-refractivity contribution in [3.63, 3.8) is 0 Å². The normalized spacial score (nSPS) is 22.3. The fourth-order valence-electron chi connectivity index (χ4n) is 4.03. The van der Waals surface area contributed by atoms with E-state index in [9.17, 15) is 19.5 Å². The number of rotatable bonds is 9. The lowest BCUT2D eigenvalue weighted by Crippen LogP contribution is -2.63. The molecule has 39 heavy (non-hydrogen) atoms. The number of hydrogen-bond acceptors (Lipinski definition) is 10. The molecule has 0 amide bonds. The Morgan fingerprint density at radius 3 is 1.72 bits per heavy atom. The lowest BCUT2D eigenvalue weighted by Gasteiger charge is -2.43. The summed E-state index contributed by atoms with van der Waals surface area (Å²) in [6, 6.07) is 22.8. The van der Waals surface area contributed by atoms with E-state index in [1.165, 1.54) is 14.0 Å². The van der Waals surface area contributed by atoms with Crippen LogP contribution < -0.4 is 9.47 Å². The standard InChI is InChI=1S/C29H28O10/c1-18(31)35-26-25(39-28(33)20-11-7-4-8-12-20)24(38-27(32)19-9-5-3-6-10-19)23(17-30)37-29(26)36-22-15-13-21(34-2)14-16-22/h3-16,23-26,29-30H,17H2,1-2H3/t23-,24+,25+,26-,29-/m1/s1. The molecule has 10 heteroatoms. The molecule has 1 N–H and O–H groups in total. The zero-order chi connectivity index (χ0) is 27.8. The first-order chi connectivity index (χ1) is 18.9. The molecule has 0 aromatic heterocycles. The van der Waals surface area contributed by atoms with Crippen LogP contribution in [-0.2, 0) is 23.7 Å². The van der Waals surface area contributed by atoms with Crippen LogP contribution in [0.2, 0.25) is 0 Å². The second kappa shape index (κ2) is 12.9. The topological polar surface area (TPSA) is 127 Å². The van der Waals surface area contributed by atoms with Gasteiger partial charge in [-0.25, -0.2) is 9.59 Å². The van der Waals surface area contributed by atoms with Gasteiger partial charge in [-0.3, -0.25) is 4.79 Å². The van der Waals surface area contributed by atoms with E-state index in [1.54, 1.807) is 84.9 Å². The summed E-state index contributed by atoms with van der Waals surface area (Å²) in [5.74, 6) is -1.33. The highest BCUT2D eigenvalue weighted by Crippen LogP contribution is 2.32. The van der Waals surface area contributed by atoms with Crippen molar-refractivity contribution < 1.29 is 47.9 Å². The first kappa shape index (κ1) is 27.6. The molecule has 10 nitrogen and oxygen atoms in total. The van der Waals surface area contributed by atoms with Gasteiger partial charge in [-0.1, -0.05) is 36.4 Å². The number of aliphatic hydroxyl groups excluding tert-OH is 1. The molecule has 1 aliphatic rings. The molecule has 1 heterocycles. The predicted octanol–water partition coefficient (Wildman–Crippen LogP) is 3.17. The molecule has 3 aromatic rings. The highest BCUT2D eigenvalue weighted by atomic mass is 16.7. The smallest absolute Gasteiger partial charge is 0.338 e. The van der Waals surface area contributed by atoms with Crippen LogP contribution in [-0.4, -0.2) is 67.4 Å². The summed E-state index contributed by atoms with van der Waals surface area (Å²) < 4.78 is 34.1. The van der Waals surface area contributed by atoms with Crippen LogP contribution in [0.25, 0.3) is 0 Å². The maximum absolute atomic E-state index is 13.1. The number of aliphatic hydroxyl groups is 1. The molecule has 1 aliphatic heterocycles. The Labute approximate surface area is 225 Å². The third-order valence-corrected chi connectivity index (χ3v) is 5.89. The van der Waals surface area contributed by atoms with Gasteiger partial charge in [-0.15, -0.1) is 0 Å². The third-order valence-electron chi connectivity index (χ3n) is 5.89. The van der Waals surface area contributed by atoms with E-state index in [0.29, 0.717) is 11.5 Å². The Bertz CT molecular complexity index is 1250. The molecule has 1 fully saturated rings. The second-order valence-corrected chi connectivity index (χ2v) is 8.56. The van der Waals surface area contributed by atoms with Gasteiger partial charge in [0, 0.05) is 6.92 Å². The fourth-order valence-corrected chi connectivity index (χ4v) is 4.03. The number of carbonyl (C=O) groups excluding carboxylic acids is 3. The van der Waals surface area contributed by atoms with Crippen molar-refractivity contribution in [2.75, 3.05) is 13.7 Å². The number of hydrogen-bond donors (Lipinski definition) is 1. The van der Waals surface area contributed by atoms with Gasteiger partial charge >= 0.3 is 17.9 Å². The summed E-state index contributed by atoms with van der Waals surface area (Å²) >= 11 is 0. The first-order valence-electron chi connectivity index (χ1n) is 12.2. The van der Waals surface area contributed by atoms with Crippen molar-refractivity contribution in [1.82, 2.24) is 0 Å². The Morgan fingerprint density at radius 2 is 1.23 bits per heavy atom. The van der Waals surface area contributed by atoms with E-state index >= 15 is 0 Å². The van der Waals surface area contributed by atoms with Crippen LogP contribution >= 0.6 is 0 Å². The van der Waals surface area contributed by atoms with E-state index in [1.807, 2.05) is 0 Å². The molecule has 0 saturated carbocycles. The summed E-state index contributed by atoms with van der Waals surface area (Å²) in [6.07, 6.45) is -6.64. The average molecular weight is 537 g/mol. The fraction of sp³-hybridized carbons (Fsp3) is 0.276. The maximum Gasteiger partial charge on any atom is 0.338 e. The highest BCUT2D eigenvalue weighted by Gasteiger charge is 2.53. The number of methoxy groups -OCH3 is 1. The summed E-state index contributed by atoms with van der Waals surface area (Å²) in [5.41, 5.74) is 0.440. The Hall–Kier alpha value is -4.41. The summed E-state index contributed by atoms with van der Waals surface area (Å²) in [6.45, 7) is 0.547. The van der Waals surface area contributed by atoms with Crippen molar-refractivity contribution >= 4 is 17.9 Å². The second-order valence-electron chi connectivity index (χ2n) is 8.56. The van der Waals surface area contributed by atoms with E-state index in [2.05, 4.69) is 0 Å². The number of benzene rings is 3. The molecule has 0 bridgehead atoms. The van der Waals surface area contributed by atoms with Crippen molar-refractivity contribution in [3.05, 3.63) is 96.1 Å². The molecule has 0 unspecified atom stereocenters.